The van der Waals surface area contributed by atoms with Gasteiger partial charge in [0, 0.05) is 68.0 Å². The number of carbonyl (C=O) groups excluding carboxylic acids is 1. The molecule has 1 amide bonds. The van der Waals surface area contributed by atoms with Gasteiger partial charge in [-0.15, -0.1) is 0 Å². The first-order valence-electron chi connectivity index (χ1n) is 12.7. The Balaban J connectivity index is 1.10. The first-order valence-corrected chi connectivity index (χ1v) is 13.5. The molecule has 0 atom stereocenters. The molecule has 0 saturated carbocycles. The highest BCUT2D eigenvalue weighted by Gasteiger charge is 2.29. The number of carbonyl (C=O) groups is 1. The first-order chi connectivity index (χ1) is 17.2. The van der Waals surface area contributed by atoms with Crippen molar-refractivity contribution >= 4 is 29.0 Å². The Bertz CT molecular complexity index is 985. The fraction of sp³-hybridized carbons (Fsp3) is 0.519. The van der Waals surface area contributed by atoms with Gasteiger partial charge in [-0.2, -0.15) is 13.2 Å². The lowest BCUT2D eigenvalue weighted by atomic mass is 10.0. The van der Waals surface area contributed by atoms with E-state index in [2.05, 4.69) is 51.2 Å². The van der Waals surface area contributed by atoms with E-state index in [1.54, 1.807) is 12.1 Å². The molecule has 2 aliphatic rings. The Labute approximate surface area is 216 Å². The molecule has 0 aromatic heterocycles. The molecule has 0 unspecified atom stereocenters. The van der Waals surface area contributed by atoms with E-state index < -0.39 is 5.51 Å². The summed E-state index contributed by atoms with van der Waals surface area (Å²) in [6.07, 6.45) is 3.07. The number of hydrogen-bond acceptors (Lipinski definition) is 5. The molecular formula is C27H35F3N4OS. The fourth-order valence-electron chi connectivity index (χ4n) is 4.96. The van der Waals surface area contributed by atoms with Crippen molar-refractivity contribution in [3.8, 4) is 0 Å². The van der Waals surface area contributed by atoms with E-state index >= 15 is 0 Å². The third-order valence-corrected chi connectivity index (χ3v) is 7.65. The number of amides is 1. The van der Waals surface area contributed by atoms with Crippen molar-refractivity contribution in [1.82, 2.24) is 10.2 Å². The van der Waals surface area contributed by atoms with Gasteiger partial charge in [0.1, 0.15) is 0 Å². The quantitative estimate of drug-likeness (QED) is 0.479. The van der Waals surface area contributed by atoms with Crippen LogP contribution in [0.1, 0.15) is 31.2 Å². The van der Waals surface area contributed by atoms with Crippen LogP contribution in [0.25, 0.3) is 0 Å². The molecule has 2 aromatic carbocycles. The summed E-state index contributed by atoms with van der Waals surface area (Å²) in [5.41, 5.74) is -0.773. The molecule has 196 valence electrons. The van der Waals surface area contributed by atoms with Gasteiger partial charge in [-0.25, -0.2) is 0 Å². The zero-order chi connectivity index (χ0) is 25.5. The van der Waals surface area contributed by atoms with Crippen molar-refractivity contribution in [3.63, 3.8) is 0 Å². The molecule has 0 aliphatic carbocycles. The van der Waals surface area contributed by atoms with E-state index in [0.29, 0.717) is 6.42 Å². The number of halogens is 3. The third kappa shape index (κ3) is 8.06. The van der Waals surface area contributed by atoms with Gasteiger partial charge in [0.2, 0.25) is 5.91 Å². The van der Waals surface area contributed by atoms with Crippen molar-refractivity contribution < 1.29 is 18.0 Å². The second-order valence-corrected chi connectivity index (χ2v) is 10.8. The van der Waals surface area contributed by atoms with Crippen LogP contribution in [0.5, 0.6) is 0 Å². The van der Waals surface area contributed by atoms with E-state index in [-0.39, 0.29) is 28.6 Å². The molecule has 2 fully saturated rings. The highest BCUT2D eigenvalue weighted by atomic mass is 32.2. The summed E-state index contributed by atoms with van der Waals surface area (Å²) in [7, 11) is 0. The average Bonchev–Trinajstić information content (AvgIpc) is 2.84. The summed E-state index contributed by atoms with van der Waals surface area (Å²) in [5.74, 6) is 0.111. The predicted molar refractivity (Wildman–Crippen MR) is 141 cm³/mol. The number of rotatable bonds is 8. The fourth-order valence-corrected chi connectivity index (χ4v) is 5.50. The number of piperazine rings is 1. The Hall–Kier alpha value is -2.39. The van der Waals surface area contributed by atoms with Gasteiger partial charge < -0.3 is 15.1 Å². The molecule has 2 aliphatic heterocycles. The van der Waals surface area contributed by atoms with Crippen LogP contribution in [0.2, 0.25) is 0 Å². The van der Waals surface area contributed by atoms with Gasteiger partial charge in [-0.05, 0) is 86.5 Å². The SMILES string of the molecule is Cc1cccc(N2CCN(CCCC(=O)NC3CCN(c4ccc(SC(F)(F)F)cc4)CC3)CC2)c1. The normalized spacial score (nSPS) is 17.9. The Morgan fingerprint density at radius 1 is 0.944 bits per heavy atom. The minimum Gasteiger partial charge on any atom is -0.371 e. The van der Waals surface area contributed by atoms with Crippen molar-refractivity contribution in [2.75, 3.05) is 55.6 Å². The van der Waals surface area contributed by atoms with E-state index in [1.165, 1.54) is 23.4 Å². The van der Waals surface area contributed by atoms with Crippen molar-refractivity contribution in [1.29, 1.82) is 0 Å². The zero-order valence-corrected chi connectivity index (χ0v) is 21.6. The van der Waals surface area contributed by atoms with Gasteiger partial charge in [-0.1, -0.05) is 12.1 Å². The molecule has 5 nitrogen and oxygen atoms in total. The topological polar surface area (TPSA) is 38.8 Å². The number of aryl methyl sites for hydroxylation is 1. The monoisotopic (exact) mass is 520 g/mol. The molecule has 0 spiro atoms. The van der Waals surface area contributed by atoms with E-state index in [4.69, 9.17) is 0 Å². The maximum Gasteiger partial charge on any atom is 0.446 e. The maximum absolute atomic E-state index is 12.5. The van der Waals surface area contributed by atoms with Crippen LogP contribution in [-0.4, -0.2) is 68.2 Å². The number of anilines is 2. The van der Waals surface area contributed by atoms with Crippen molar-refractivity contribution in [2.24, 2.45) is 0 Å². The van der Waals surface area contributed by atoms with Crippen LogP contribution >= 0.6 is 11.8 Å². The Kier molecular flexibility index (Phi) is 9.06. The molecule has 0 radical (unpaired) electrons. The van der Waals surface area contributed by atoms with Crippen LogP contribution < -0.4 is 15.1 Å². The lowest BCUT2D eigenvalue weighted by Gasteiger charge is -2.36. The van der Waals surface area contributed by atoms with Crippen LogP contribution in [0, 0.1) is 6.92 Å². The van der Waals surface area contributed by atoms with Crippen LogP contribution in [0.4, 0.5) is 24.5 Å². The molecule has 2 saturated heterocycles. The zero-order valence-electron chi connectivity index (χ0n) is 20.8. The van der Waals surface area contributed by atoms with Gasteiger partial charge in [-0.3, -0.25) is 9.69 Å². The Morgan fingerprint density at radius 2 is 1.61 bits per heavy atom. The predicted octanol–water partition coefficient (Wildman–Crippen LogP) is 5.29. The Morgan fingerprint density at radius 3 is 2.25 bits per heavy atom. The minimum atomic E-state index is -4.27. The lowest BCUT2D eigenvalue weighted by molar-refractivity contribution is -0.122. The van der Waals surface area contributed by atoms with Gasteiger partial charge in [0.05, 0.1) is 0 Å². The van der Waals surface area contributed by atoms with Crippen molar-refractivity contribution in [2.45, 2.75) is 49.1 Å². The van der Waals surface area contributed by atoms with Crippen LogP contribution in [0.15, 0.2) is 53.4 Å². The highest BCUT2D eigenvalue weighted by Crippen LogP contribution is 2.37. The molecule has 36 heavy (non-hydrogen) atoms. The summed E-state index contributed by atoms with van der Waals surface area (Å²) >= 11 is -0.0929. The van der Waals surface area contributed by atoms with E-state index in [0.717, 1.165) is 70.8 Å². The number of piperidine rings is 1. The minimum absolute atomic E-state index is 0.0929. The molecular weight excluding hydrogens is 485 g/mol. The maximum atomic E-state index is 12.5. The lowest BCUT2D eigenvalue weighted by Crippen LogP contribution is -2.47. The third-order valence-electron chi connectivity index (χ3n) is 6.91. The second-order valence-electron chi connectivity index (χ2n) is 9.64. The summed E-state index contributed by atoms with van der Waals surface area (Å²) in [6, 6.07) is 15.3. The molecule has 2 aromatic rings. The first kappa shape index (κ1) is 26.7. The van der Waals surface area contributed by atoms with Crippen LogP contribution in [0.3, 0.4) is 0 Å². The molecule has 0 bridgehead atoms. The van der Waals surface area contributed by atoms with Gasteiger partial charge >= 0.3 is 5.51 Å². The second kappa shape index (κ2) is 12.2. The largest absolute Gasteiger partial charge is 0.446 e. The van der Waals surface area contributed by atoms with Gasteiger partial charge in [0.25, 0.3) is 0 Å². The number of nitrogens with one attached hydrogen (secondary N) is 1. The summed E-state index contributed by atoms with van der Waals surface area (Å²) in [6.45, 7) is 8.68. The van der Waals surface area contributed by atoms with E-state index in [1.807, 2.05) is 0 Å². The summed E-state index contributed by atoms with van der Waals surface area (Å²) < 4.78 is 37.5. The smallest absolute Gasteiger partial charge is 0.371 e. The highest BCUT2D eigenvalue weighted by molar-refractivity contribution is 8.00. The number of thioether (sulfide) groups is 1. The summed E-state index contributed by atoms with van der Waals surface area (Å²) in [5, 5.41) is 3.18. The number of hydrogen-bond donors (Lipinski definition) is 1. The average molecular weight is 521 g/mol. The number of nitrogens with zero attached hydrogens (tertiary/aromatic N) is 3. The van der Waals surface area contributed by atoms with Crippen LogP contribution in [-0.2, 0) is 4.79 Å². The molecule has 4 rings (SSSR count). The number of alkyl halides is 3. The standard InChI is InChI=1S/C27H35F3N4OS/c1-21-4-2-5-24(20-21)34-18-16-32(17-19-34)13-3-6-26(35)31-22-11-14-33(15-12-22)23-7-9-25(10-8-23)36-27(28,29)30/h2,4-5,7-10,20,22H,3,6,11-19H2,1H3,(H,31,35). The van der Waals surface area contributed by atoms with Crippen molar-refractivity contribution in [3.05, 3.63) is 54.1 Å². The molecule has 1 N–H and O–H groups in total. The van der Waals surface area contributed by atoms with E-state index in [9.17, 15) is 18.0 Å². The molecule has 9 heteroatoms. The molecule has 2 heterocycles. The van der Waals surface area contributed by atoms with Gasteiger partial charge in [0.15, 0.2) is 0 Å². The number of benzene rings is 2. The summed E-state index contributed by atoms with van der Waals surface area (Å²) in [4.78, 5) is 19.7.